The van der Waals surface area contributed by atoms with Crippen LogP contribution in [0.5, 0.6) is 0 Å². The fourth-order valence-corrected chi connectivity index (χ4v) is 3.51. The van der Waals surface area contributed by atoms with Crippen LogP contribution in [0.25, 0.3) is 5.69 Å². The van der Waals surface area contributed by atoms with Crippen molar-refractivity contribution in [1.82, 2.24) is 25.1 Å². The van der Waals surface area contributed by atoms with Crippen LogP contribution in [-0.4, -0.2) is 37.7 Å². The highest BCUT2D eigenvalue weighted by molar-refractivity contribution is 5.98. The highest BCUT2D eigenvalue weighted by Gasteiger charge is 2.30. The number of amides is 1. The molecule has 0 aliphatic heterocycles. The normalized spacial score (nSPS) is 18.8. The average molecular weight is 380 g/mol. The molecule has 1 saturated carbocycles. The fourth-order valence-electron chi connectivity index (χ4n) is 3.51. The van der Waals surface area contributed by atoms with Crippen molar-refractivity contribution in [3.8, 4) is 5.69 Å². The Bertz CT molecular complexity index is 957. The lowest BCUT2D eigenvalue weighted by Crippen LogP contribution is -2.43. The number of aromatic nitrogens is 4. The maximum absolute atomic E-state index is 13.8. The minimum atomic E-state index is -0.461. The van der Waals surface area contributed by atoms with E-state index in [1.54, 1.807) is 41.6 Å². The zero-order valence-electron chi connectivity index (χ0n) is 15.5. The Morgan fingerprint density at radius 3 is 2.82 bits per heavy atom. The van der Waals surface area contributed by atoms with Gasteiger partial charge in [0.15, 0.2) is 0 Å². The molecule has 2 atom stereocenters. The van der Waals surface area contributed by atoms with Crippen LogP contribution in [0.1, 0.15) is 35.3 Å². The molecule has 0 radical (unpaired) electrons. The first-order chi connectivity index (χ1) is 13.6. The molecule has 1 fully saturated rings. The summed E-state index contributed by atoms with van der Waals surface area (Å²) in [5.41, 5.74) is 1.64. The van der Waals surface area contributed by atoms with Gasteiger partial charge >= 0.3 is 0 Å². The zero-order chi connectivity index (χ0) is 19.5. The molecule has 1 aliphatic rings. The van der Waals surface area contributed by atoms with Crippen LogP contribution in [0.2, 0.25) is 0 Å². The Kier molecular flexibility index (Phi) is 5.01. The van der Waals surface area contributed by atoms with Gasteiger partial charge in [-0.3, -0.25) is 9.78 Å². The molecule has 0 unspecified atom stereocenters. The van der Waals surface area contributed by atoms with E-state index in [1.165, 1.54) is 12.1 Å². The third kappa shape index (κ3) is 3.85. The van der Waals surface area contributed by atoms with E-state index in [2.05, 4.69) is 25.7 Å². The maximum Gasteiger partial charge on any atom is 0.253 e. The molecule has 0 bridgehead atoms. The zero-order valence-corrected chi connectivity index (χ0v) is 15.5. The summed E-state index contributed by atoms with van der Waals surface area (Å²) in [5.74, 6) is -0.101. The first-order valence-electron chi connectivity index (χ1n) is 9.26. The van der Waals surface area contributed by atoms with Crippen LogP contribution in [0.4, 0.5) is 10.2 Å². The maximum atomic E-state index is 13.8. The molecule has 7 nitrogen and oxygen atoms in total. The summed E-state index contributed by atoms with van der Waals surface area (Å²) >= 11 is 0. The molecule has 2 N–H and O–H groups in total. The second kappa shape index (κ2) is 7.75. The largest absolute Gasteiger partial charge is 0.364 e. The number of benzene rings is 1. The van der Waals surface area contributed by atoms with Gasteiger partial charge in [-0.2, -0.15) is 5.10 Å². The lowest BCUT2D eigenvalue weighted by atomic mass is 10.1. The molecule has 4 rings (SSSR count). The van der Waals surface area contributed by atoms with Gasteiger partial charge in [-0.1, -0.05) is 0 Å². The van der Waals surface area contributed by atoms with Crippen LogP contribution in [0.15, 0.2) is 49.1 Å². The molecule has 2 aromatic heterocycles. The molecule has 28 heavy (non-hydrogen) atoms. The van der Waals surface area contributed by atoms with Gasteiger partial charge in [0.2, 0.25) is 0 Å². The van der Waals surface area contributed by atoms with Crippen LogP contribution in [0.3, 0.4) is 0 Å². The third-order valence-corrected chi connectivity index (χ3v) is 4.90. The number of nitrogens with zero attached hydrogens (tertiary/aromatic N) is 4. The summed E-state index contributed by atoms with van der Waals surface area (Å²) in [6.45, 7) is 1.88. The van der Waals surface area contributed by atoms with Crippen molar-refractivity contribution in [2.75, 3.05) is 5.32 Å². The third-order valence-electron chi connectivity index (χ3n) is 4.90. The van der Waals surface area contributed by atoms with Crippen molar-refractivity contribution in [2.45, 2.75) is 38.3 Å². The van der Waals surface area contributed by atoms with Gasteiger partial charge < -0.3 is 10.6 Å². The molecule has 3 aromatic rings. The predicted octanol–water partition coefficient (Wildman–Crippen LogP) is 2.87. The summed E-state index contributed by atoms with van der Waals surface area (Å²) in [6, 6.07) is 5.85. The van der Waals surface area contributed by atoms with E-state index in [9.17, 15) is 9.18 Å². The van der Waals surface area contributed by atoms with Gasteiger partial charge in [-0.05, 0) is 50.5 Å². The topological polar surface area (TPSA) is 84.7 Å². The molecular formula is C20H21FN6O. The van der Waals surface area contributed by atoms with Gasteiger partial charge in [0.05, 0.1) is 29.3 Å². The summed E-state index contributed by atoms with van der Waals surface area (Å²) in [6.07, 6.45) is 9.47. The fraction of sp³-hybridized carbons (Fsp3) is 0.300. The average Bonchev–Trinajstić information content (AvgIpc) is 3.36. The van der Waals surface area contributed by atoms with Crippen molar-refractivity contribution in [3.05, 3.63) is 66.1 Å². The Labute approximate surface area is 162 Å². The summed E-state index contributed by atoms with van der Waals surface area (Å²) in [4.78, 5) is 21.5. The van der Waals surface area contributed by atoms with E-state index in [4.69, 9.17) is 0 Å². The number of carbonyl (C=O) groups is 1. The summed E-state index contributed by atoms with van der Waals surface area (Å²) < 4.78 is 15.4. The molecule has 1 amide bonds. The molecule has 2 heterocycles. The van der Waals surface area contributed by atoms with Crippen LogP contribution in [0, 0.1) is 12.7 Å². The number of anilines is 1. The Morgan fingerprint density at radius 2 is 2.07 bits per heavy atom. The number of nitrogens with one attached hydrogen (secondary N) is 2. The van der Waals surface area contributed by atoms with Gasteiger partial charge in [0.1, 0.15) is 11.6 Å². The smallest absolute Gasteiger partial charge is 0.253 e. The van der Waals surface area contributed by atoms with Gasteiger partial charge in [0.25, 0.3) is 5.91 Å². The predicted molar refractivity (Wildman–Crippen MR) is 103 cm³/mol. The highest BCUT2D eigenvalue weighted by atomic mass is 19.1. The number of hydrogen-bond donors (Lipinski definition) is 2. The number of carbonyl (C=O) groups excluding carboxylic acids is 1. The lowest BCUT2D eigenvalue weighted by Gasteiger charge is -2.23. The molecule has 8 heteroatoms. The number of hydrogen-bond acceptors (Lipinski definition) is 5. The minimum Gasteiger partial charge on any atom is -0.364 e. The van der Waals surface area contributed by atoms with Crippen molar-refractivity contribution in [1.29, 1.82) is 0 Å². The summed E-state index contributed by atoms with van der Waals surface area (Å²) in [5, 5.41) is 10.6. The Hall–Kier alpha value is -3.29. The Morgan fingerprint density at radius 1 is 1.21 bits per heavy atom. The Balaban J connectivity index is 1.51. The van der Waals surface area contributed by atoms with E-state index >= 15 is 0 Å². The number of rotatable bonds is 5. The second-order valence-corrected chi connectivity index (χ2v) is 6.92. The quantitative estimate of drug-likeness (QED) is 0.711. The van der Waals surface area contributed by atoms with Crippen LogP contribution >= 0.6 is 0 Å². The van der Waals surface area contributed by atoms with Gasteiger partial charge in [-0.15, -0.1) is 0 Å². The highest BCUT2D eigenvalue weighted by Crippen LogP contribution is 2.24. The molecule has 144 valence electrons. The van der Waals surface area contributed by atoms with E-state index in [0.717, 1.165) is 25.0 Å². The lowest BCUT2D eigenvalue weighted by molar-refractivity contribution is 0.0935. The number of aryl methyl sites for hydroxylation is 1. The molecule has 1 aliphatic carbocycles. The monoisotopic (exact) mass is 380 g/mol. The van der Waals surface area contributed by atoms with Gasteiger partial charge in [-0.25, -0.2) is 14.1 Å². The van der Waals surface area contributed by atoms with E-state index in [0.29, 0.717) is 11.5 Å². The van der Waals surface area contributed by atoms with Crippen LogP contribution in [-0.2, 0) is 0 Å². The van der Waals surface area contributed by atoms with Crippen LogP contribution < -0.4 is 10.6 Å². The first-order valence-corrected chi connectivity index (χ1v) is 9.26. The van der Waals surface area contributed by atoms with Gasteiger partial charge in [0, 0.05) is 24.5 Å². The minimum absolute atomic E-state index is 0.0441. The van der Waals surface area contributed by atoms with Crippen molar-refractivity contribution in [3.63, 3.8) is 0 Å². The molecule has 0 saturated heterocycles. The van der Waals surface area contributed by atoms with E-state index in [-0.39, 0.29) is 23.6 Å². The van der Waals surface area contributed by atoms with Crippen molar-refractivity contribution < 1.29 is 9.18 Å². The first kappa shape index (κ1) is 18.1. The van der Waals surface area contributed by atoms with E-state index in [1.807, 2.05) is 6.92 Å². The number of halogens is 1. The summed E-state index contributed by atoms with van der Waals surface area (Å²) in [7, 11) is 0. The SMILES string of the molecule is Cc1cnc(N[C@H]2CCC[C@@H]2NC(=O)c2cc(F)ccc2-n2cccn2)cn1. The van der Waals surface area contributed by atoms with E-state index < -0.39 is 5.82 Å². The standard InChI is InChI=1S/C20H21FN6O/c1-13-11-23-19(12-22-13)25-16-4-2-5-17(16)26-20(28)15-10-14(21)6-7-18(15)27-9-3-8-24-27/h3,6-12,16-17H,2,4-5H2,1H3,(H,23,25)(H,26,28)/t16-,17-/m0/s1. The molecule has 1 aromatic carbocycles. The molecule has 0 spiro atoms. The molecular weight excluding hydrogens is 359 g/mol. The van der Waals surface area contributed by atoms with Crippen molar-refractivity contribution in [2.24, 2.45) is 0 Å². The second-order valence-electron chi connectivity index (χ2n) is 6.92. The van der Waals surface area contributed by atoms with Crippen molar-refractivity contribution >= 4 is 11.7 Å².